The van der Waals surface area contributed by atoms with E-state index in [4.69, 9.17) is 4.74 Å². The molecule has 0 saturated carbocycles. The number of hydrogen-bond donors (Lipinski definition) is 2. The molecule has 24 heavy (non-hydrogen) atoms. The van der Waals surface area contributed by atoms with Gasteiger partial charge in [-0.1, -0.05) is 0 Å². The Morgan fingerprint density at radius 1 is 1.38 bits per heavy atom. The van der Waals surface area contributed by atoms with E-state index in [0.717, 1.165) is 25.2 Å². The molecule has 2 heterocycles. The summed E-state index contributed by atoms with van der Waals surface area (Å²) in [7, 11) is 0. The fraction of sp³-hybridized carbons (Fsp3) is 0.389. The normalized spacial score (nSPS) is 15.6. The highest BCUT2D eigenvalue weighted by molar-refractivity contribution is 7.10. The van der Waals surface area contributed by atoms with Gasteiger partial charge in [-0.15, -0.1) is 11.3 Å². The van der Waals surface area contributed by atoms with Gasteiger partial charge in [0.1, 0.15) is 18.5 Å². The van der Waals surface area contributed by atoms with Crippen molar-refractivity contribution in [1.82, 2.24) is 4.90 Å². The van der Waals surface area contributed by atoms with Crippen LogP contribution >= 0.6 is 11.3 Å². The van der Waals surface area contributed by atoms with Crippen LogP contribution in [0.3, 0.4) is 0 Å². The molecule has 5 nitrogen and oxygen atoms in total. The summed E-state index contributed by atoms with van der Waals surface area (Å²) in [5.74, 6) is 0.580. The van der Waals surface area contributed by atoms with E-state index in [0.29, 0.717) is 12.3 Å². The standard InChI is InChI=1S/C18H22N2O3S/c1-13(21)19-15-2-4-17(5-3-15)23-12-16(22)11-20-8-6-18-14(10-20)7-9-24-18/h2-5,7,9,16,22H,6,8,10-12H2,1H3,(H,19,21)/t16-/m0/s1. The summed E-state index contributed by atoms with van der Waals surface area (Å²) >= 11 is 1.82. The number of aliphatic hydroxyl groups is 1. The van der Waals surface area contributed by atoms with Gasteiger partial charge < -0.3 is 15.2 Å². The van der Waals surface area contributed by atoms with Gasteiger partial charge in [0.05, 0.1) is 0 Å². The quantitative estimate of drug-likeness (QED) is 0.844. The maximum atomic E-state index is 11.0. The van der Waals surface area contributed by atoms with E-state index in [-0.39, 0.29) is 12.5 Å². The van der Waals surface area contributed by atoms with Crippen LogP contribution in [0.25, 0.3) is 0 Å². The van der Waals surface area contributed by atoms with Gasteiger partial charge in [0.15, 0.2) is 0 Å². The Morgan fingerprint density at radius 3 is 2.92 bits per heavy atom. The van der Waals surface area contributed by atoms with Crippen LogP contribution < -0.4 is 10.1 Å². The minimum absolute atomic E-state index is 0.102. The number of anilines is 1. The van der Waals surface area contributed by atoms with Gasteiger partial charge in [-0.3, -0.25) is 9.69 Å². The van der Waals surface area contributed by atoms with Crippen LogP contribution in [0.5, 0.6) is 5.75 Å². The van der Waals surface area contributed by atoms with Gasteiger partial charge in [-0.25, -0.2) is 0 Å². The lowest BCUT2D eigenvalue weighted by molar-refractivity contribution is -0.114. The molecule has 0 unspecified atom stereocenters. The number of hydrogen-bond acceptors (Lipinski definition) is 5. The number of aliphatic hydroxyl groups excluding tert-OH is 1. The Kier molecular flexibility index (Phi) is 5.50. The Hall–Kier alpha value is -1.89. The highest BCUT2D eigenvalue weighted by Gasteiger charge is 2.19. The average Bonchev–Trinajstić information content (AvgIpc) is 3.01. The molecule has 1 aliphatic rings. The molecule has 1 amide bonds. The van der Waals surface area contributed by atoms with Crippen molar-refractivity contribution in [3.05, 3.63) is 46.2 Å². The number of carbonyl (C=O) groups excluding carboxylic acids is 1. The van der Waals surface area contributed by atoms with Crippen LogP contribution in [0.15, 0.2) is 35.7 Å². The number of thiophene rings is 1. The van der Waals surface area contributed by atoms with E-state index in [2.05, 4.69) is 21.7 Å². The van der Waals surface area contributed by atoms with Crippen molar-refractivity contribution in [1.29, 1.82) is 0 Å². The highest BCUT2D eigenvalue weighted by atomic mass is 32.1. The second-order valence-corrected chi connectivity index (χ2v) is 7.03. The SMILES string of the molecule is CC(=O)Nc1ccc(OC[C@@H](O)CN2CCc3sccc3C2)cc1. The van der Waals surface area contributed by atoms with Crippen molar-refractivity contribution >= 4 is 22.9 Å². The molecule has 1 aromatic heterocycles. The van der Waals surface area contributed by atoms with E-state index in [1.165, 1.54) is 17.4 Å². The van der Waals surface area contributed by atoms with Crippen molar-refractivity contribution in [3.8, 4) is 5.75 Å². The highest BCUT2D eigenvalue weighted by Crippen LogP contribution is 2.24. The maximum Gasteiger partial charge on any atom is 0.221 e. The number of fused-ring (bicyclic) bond motifs is 1. The number of nitrogens with zero attached hydrogens (tertiary/aromatic N) is 1. The number of nitrogens with one attached hydrogen (secondary N) is 1. The third-order valence-electron chi connectivity index (χ3n) is 3.97. The number of carbonyl (C=O) groups is 1. The van der Waals surface area contributed by atoms with Crippen molar-refractivity contribution in [3.63, 3.8) is 0 Å². The fourth-order valence-corrected chi connectivity index (χ4v) is 3.73. The first kappa shape index (κ1) is 17.0. The average molecular weight is 346 g/mol. The first-order valence-electron chi connectivity index (χ1n) is 8.06. The Morgan fingerprint density at radius 2 is 2.17 bits per heavy atom. The minimum atomic E-state index is -0.528. The molecule has 0 spiro atoms. The van der Waals surface area contributed by atoms with E-state index in [9.17, 15) is 9.90 Å². The lowest BCUT2D eigenvalue weighted by atomic mass is 10.1. The van der Waals surface area contributed by atoms with E-state index in [1.54, 1.807) is 24.3 Å². The Bertz CT molecular complexity index is 684. The first-order chi connectivity index (χ1) is 11.6. The largest absolute Gasteiger partial charge is 0.491 e. The van der Waals surface area contributed by atoms with Gasteiger partial charge in [-0.2, -0.15) is 0 Å². The van der Waals surface area contributed by atoms with Crippen molar-refractivity contribution in [2.24, 2.45) is 0 Å². The molecule has 0 radical (unpaired) electrons. The van der Waals surface area contributed by atoms with Gasteiger partial charge in [-0.05, 0) is 47.7 Å². The lowest BCUT2D eigenvalue weighted by Crippen LogP contribution is -2.38. The van der Waals surface area contributed by atoms with Crippen LogP contribution in [0.2, 0.25) is 0 Å². The van der Waals surface area contributed by atoms with Gasteiger partial charge in [0, 0.05) is 37.1 Å². The second kappa shape index (κ2) is 7.79. The third kappa shape index (κ3) is 4.56. The lowest BCUT2D eigenvalue weighted by Gasteiger charge is -2.28. The number of β-amino-alcohol motifs (C(OH)–C–C–N with tert-alkyl or cyclic N) is 1. The van der Waals surface area contributed by atoms with E-state index >= 15 is 0 Å². The Labute approximate surface area is 145 Å². The molecule has 1 atom stereocenters. The van der Waals surface area contributed by atoms with Gasteiger partial charge in [0.2, 0.25) is 5.91 Å². The summed E-state index contributed by atoms with van der Waals surface area (Å²) in [4.78, 5) is 14.7. The second-order valence-electron chi connectivity index (χ2n) is 6.02. The van der Waals surface area contributed by atoms with Crippen LogP contribution in [-0.4, -0.2) is 41.7 Å². The summed E-state index contributed by atoms with van der Waals surface area (Å²) in [5, 5.41) is 15.1. The summed E-state index contributed by atoms with van der Waals surface area (Å²) < 4.78 is 5.64. The smallest absolute Gasteiger partial charge is 0.221 e. The molecule has 3 rings (SSSR count). The zero-order valence-electron chi connectivity index (χ0n) is 13.7. The van der Waals surface area contributed by atoms with E-state index < -0.39 is 6.10 Å². The zero-order valence-corrected chi connectivity index (χ0v) is 14.5. The van der Waals surface area contributed by atoms with Crippen LogP contribution in [0.1, 0.15) is 17.4 Å². The first-order valence-corrected chi connectivity index (χ1v) is 8.94. The zero-order chi connectivity index (χ0) is 16.9. The maximum absolute atomic E-state index is 11.0. The summed E-state index contributed by atoms with van der Waals surface area (Å²) in [6.45, 7) is 4.23. The van der Waals surface area contributed by atoms with Crippen molar-refractivity contribution in [2.45, 2.75) is 26.0 Å². The predicted molar refractivity (Wildman–Crippen MR) is 95.5 cm³/mol. The van der Waals surface area contributed by atoms with Gasteiger partial charge in [0.25, 0.3) is 0 Å². The fourth-order valence-electron chi connectivity index (χ4n) is 2.84. The molecule has 2 N–H and O–H groups in total. The van der Waals surface area contributed by atoms with Gasteiger partial charge >= 0.3 is 0 Å². The van der Waals surface area contributed by atoms with Crippen LogP contribution in [0.4, 0.5) is 5.69 Å². The summed E-state index contributed by atoms with van der Waals surface area (Å²) in [6.07, 6.45) is 0.533. The monoisotopic (exact) mass is 346 g/mol. The molecule has 0 saturated heterocycles. The summed E-state index contributed by atoms with van der Waals surface area (Å²) in [6, 6.07) is 9.32. The molecular formula is C18H22N2O3S. The number of benzene rings is 1. The molecule has 0 bridgehead atoms. The van der Waals surface area contributed by atoms with Crippen molar-refractivity contribution < 1.29 is 14.6 Å². The van der Waals surface area contributed by atoms with Crippen molar-refractivity contribution in [2.75, 3.05) is 25.0 Å². The molecule has 6 heteroatoms. The van der Waals surface area contributed by atoms with Crippen LogP contribution in [0, 0.1) is 0 Å². The molecular weight excluding hydrogens is 324 g/mol. The number of rotatable bonds is 6. The molecule has 1 aromatic carbocycles. The van der Waals surface area contributed by atoms with Crippen LogP contribution in [-0.2, 0) is 17.8 Å². The molecule has 0 fully saturated rings. The number of ether oxygens (including phenoxy) is 1. The van der Waals surface area contributed by atoms with E-state index in [1.807, 2.05) is 11.3 Å². The topological polar surface area (TPSA) is 61.8 Å². The third-order valence-corrected chi connectivity index (χ3v) is 5.00. The Balaban J connectivity index is 1.44. The molecule has 1 aliphatic heterocycles. The molecule has 2 aromatic rings. The predicted octanol–water partition coefficient (Wildman–Crippen LogP) is 2.50. The minimum Gasteiger partial charge on any atom is -0.491 e. The molecule has 0 aliphatic carbocycles. The molecule has 128 valence electrons. The number of amides is 1. The summed E-state index contributed by atoms with van der Waals surface area (Å²) in [5.41, 5.74) is 2.11.